The first-order valence-corrected chi connectivity index (χ1v) is 6.03. The van der Waals surface area contributed by atoms with Crippen LogP contribution in [0.25, 0.3) is 0 Å². The van der Waals surface area contributed by atoms with Gasteiger partial charge in [0.05, 0.1) is 13.2 Å². The molecule has 2 heterocycles. The van der Waals surface area contributed by atoms with Crippen molar-refractivity contribution in [3.8, 4) is 0 Å². The summed E-state index contributed by atoms with van der Waals surface area (Å²) in [5.41, 5.74) is 0. The SMILES string of the molecule is O=C(O)N1CC[C@@H](CCN2CCOCC2)C1. The van der Waals surface area contributed by atoms with E-state index in [0.717, 1.165) is 52.2 Å². The van der Waals surface area contributed by atoms with E-state index in [2.05, 4.69) is 4.90 Å². The Balaban J connectivity index is 1.65. The van der Waals surface area contributed by atoms with Crippen LogP contribution in [0.1, 0.15) is 12.8 Å². The van der Waals surface area contributed by atoms with Gasteiger partial charge < -0.3 is 14.7 Å². The van der Waals surface area contributed by atoms with Gasteiger partial charge in [0.1, 0.15) is 0 Å². The zero-order valence-corrected chi connectivity index (χ0v) is 9.60. The van der Waals surface area contributed by atoms with Crippen LogP contribution in [0.4, 0.5) is 4.79 Å². The molecule has 5 nitrogen and oxygen atoms in total. The Morgan fingerprint density at radius 3 is 2.69 bits per heavy atom. The van der Waals surface area contributed by atoms with Crippen molar-refractivity contribution in [2.75, 3.05) is 45.9 Å². The van der Waals surface area contributed by atoms with Crippen molar-refractivity contribution < 1.29 is 14.6 Å². The molecule has 0 spiro atoms. The number of rotatable bonds is 3. The highest BCUT2D eigenvalue weighted by Crippen LogP contribution is 2.20. The lowest BCUT2D eigenvalue weighted by molar-refractivity contribution is 0.0355. The van der Waals surface area contributed by atoms with E-state index >= 15 is 0 Å². The van der Waals surface area contributed by atoms with Gasteiger partial charge in [0.15, 0.2) is 0 Å². The van der Waals surface area contributed by atoms with E-state index in [1.165, 1.54) is 4.90 Å². The number of carboxylic acid groups (broad SMARTS) is 1. The number of carbonyl (C=O) groups is 1. The Kier molecular flexibility index (Phi) is 4.01. The summed E-state index contributed by atoms with van der Waals surface area (Å²) in [5.74, 6) is 0.555. The van der Waals surface area contributed by atoms with Gasteiger partial charge in [0, 0.05) is 26.2 Å². The van der Waals surface area contributed by atoms with Crippen LogP contribution >= 0.6 is 0 Å². The molecule has 1 N–H and O–H groups in total. The zero-order valence-electron chi connectivity index (χ0n) is 9.60. The van der Waals surface area contributed by atoms with E-state index in [4.69, 9.17) is 9.84 Å². The topological polar surface area (TPSA) is 53.0 Å². The molecule has 0 unspecified atom stereocenters. The fraction of sp³-hybridized carbons (Fsp3) is 0.909. The van der Waals surface area contributed by atoms with Crippen molar-refractivity contribution in [2.45, 2.75) is 12.8 Å². The molecule has 0 aliphatic carbocycles. The summed E-state index contributed by atoms with van der Waals surface area (Å²) in [6.07, 6.45) is 1.37. The summed E-state index contributed by atoms with van der Waals surface area (Å²) in [7, 11) is 0. The Hall–Kier alpha value is -0.810. The molecule has 0 aromatic rings. The largest absolute Gasteiger partial charge is 0.465 e. The summed E-state index contributed by atoms with van der Waals surface area (Å²) >= 11 is 0. The van der Waals surface area contributed by atoms with Crippen molar-refractivity contribution in [1.82, 2.24) is 9.80 Å². The van der Waals surface area contributed by atoms with Crippen LogP contribution in [0, 0.1) is 5.92 Å². The molecule has 2 saturated heterocycles. The number of amides is 1. The van der Waals surface area contributed by atoms with E-state index in [9.17, 15) is 4.79 Å². The molecule has 0 bridgehead atoms. The minimum Gasteiger partial charge on any atom is -0.465 e. The van der Waals surface area contributed by atoms with E-state index in [1.807, 2.05) is 0 Å². The number of ether oxygens (including phenoxy) is 1. The van der Waals surface area contributed by atoms with Crippen LogP contribution in [0.2, 0.25) is 0 Å². The first-order valence-electron chi connectivity index (χ1n) is 6.03. The molecule has 0 saturated carbocycles. The molecule has 0 aromatic carbocycles. The van der Waals surface area contributed by atoms with Crippen molar-refractivity contribution >= 4 is 6.09 Å². The fourth-order valence-electron chi connectivity index (χ4n) is 2.43. The van der Waals surface area contributed by atoms with Crippen molar-refractivity contribution in [1.29, 1.82) is 0 Å². The second-order valence-electron chi connectivity index (χ2n) is 4.63. The Morgan fingerprint density at radius 2 is 2.06 bits per heavy atom. The van der Waals surface area contributed by atoms with Gasteiger partial charge in [-0.3, -0.25) is 4.90 Å². The molecule has 16 heavy (non-hydrogen) atoms. The predicted molar refractivity (Wildman–Crippen MR) is 59.6 cm³/mol. The Labute approximate surface area is 96.0 Å². The number of hydrogen-bond donors (Lipinski definition) is 1. The third-order valence-corrected chi connectivity index (χ3v) is 3.51. The molecule has 1 atom stereocenters. The number of hydrogen-bond acceptors (Lipinski definition) is 3. The van der Waals surface area contributed by atoms with Crippen LogP contribution in [0.15, 0.2) is 0 Å². The van der Waals surface area contributed by atoms with Crippen molar-refractivity contribution in [3.05, 3.63) is 0 Å². The Morgan fingerprint density at radius 1 is 1.31 bits per heavy atom. The van der Waals surface area contributed by atoms with Gasteiger partial charge in [-0.05, 0) is 25.3 Å². The average Bonchev–Trinajstić information content (AvgIpc) is 2.76. The van der Waals surface area contributed by atoms with Crippen LogP contribution in [-0.2, 0) is 4.74 Å². The lowest BCUT2D eigenvalue weighted by atomic mass is 10.0. The maximum absolute atomic E-state index is 10.8. The first-order chi connectivity index (χ1) is 7.75. The van der Waals surface area contributed by atoms with Gasteiger partial charge >= 0.3 is 6.09 Å². The minimum atomic E-state index is -0.770. The van der Waals surface area contributed by atoms with E-state index in [0.29, 0.717) is 12.5 Å². The van der Waals surface area contributed by atoms with Crippen molar-refractivity contribution in [2.24, 2.45) is 5.92 Å². The van der Waals surface area contributed by atoms with Crippen molar-refractivity contribution in [3.63, 3.8) is 0 Å². The standard InChI is InChI=1S/C11H20N2O3/c14-11(15)13-4-2-10(9-13)1-3-12-5-7-16-8-6-12/h10H,1-9H2,(H,14,15)/t10-/m1/s1. The van der Waals surface area contributed by atoms with E-state index in [1.54, 1.807) is 0 Å². The molecule has 2 rings (SSSR count). The Bertz CT molecular complexity index is 241. The quantitative estimate of drug-likeness (QED) is 0.773. The van der Waals surface area contributed by atoms with Crippen LogP contribution in [0.5, 0.6) is 0 Å². The molecular formula is C11H20N2O3. The fourth-order valence-corrected chi connectivity index (χ4v) is 2.43. The maximum Gasteiger partial charge on any atom is 0.407 e. The number of nitrogens with zero attached hydrogens (tertiary/aromatic N) is 2. The summed E-state index contributed by atoms with van der Waals surface area (Å²) < 4.78 is 5.29. The van der Waals surface area contributed by atoms with E-state index < -0.39 is 6.09 Å². The third kappa shape index (κ3) is 3.09. The zero-order chi connectivity index (χ0) is 11.4. The third-order valence-electron chi connectivity index (χ3n) is 3.51. The van der Waals surface area contributed by atoms with Gasteiger partial charge in [-0.25, -0.2) is 4.79 Å². The molecule has 2 aliphatic heterocycles. The van der Waals surface area contributed by atoms with Crippen LogP contribution in [-0.4, -0.2) is 66.9 Å². The molecule has 0 radical (unpaired) electrons. The summed E-state index contributed by atoms with van der Waals surface area (Å²) in [4.78, 5) is 14.7. The lowest BCUT2D eigenvalue weighted by Gasteiger charge is -2.27. The number of morpholine rings is 1. The molecular weight excluding hydrogens is 208 g/mol. The second-order valence-corrected chi connectivity index (χ2v) is 4.63. The summed E-state index contributed by atoms with van der Waals surface area (Å²) in [6, 6.07) is 0. The van der Waals surface area contributed by atoms with Gasteiger partial charge in [-0.2, -0.15) is 0 Å². The van der Waals surface area contributed by atoms with Gasteiger partial charge in [0.25, 0.3) is 0 Å². The average molecular weight is 228 g/mol. The monoisotopic (exact) mass is 228 g/mol. The van der Waals surface area contributed by atoms with Gasteiger partial charge in [0.2, 0.25) is 0 Å². The molecule has 2 aliphatic rings. The predicted octanol–water partition coefficient (Wildman–Crippen LogP) is 0.709. The highest BCUT2D eigenvalue weighted by molar-refractivity contribution is 5.65. The molecule has 5 heteroatoms. The second kappa shape index (κ2) is 5.50. The van der Waals surface area contributed by atoms with Crippen LogP contribution < -0.4 is 0 Å². The normalized spacial score (nSPS) is 27.2. The highest BCUT2D eigenvalue weighted by Gasteiger charge is 2.26. The first kappa shape index (κ1) is 11.7. The number of likely N-dealkylation sites (tertiary alicyclic amines) is 1. The molecule has 92 valence electrons. The van der Waals surface area contributed by atoms with Crippen LogP contribution in [0.3, 0.4) is 0 Å². The molecule has 1 amide bonds. The maximum atomic E-state index is 10.8. The summed E-state index contributed by atoms with van der Waals surface area (Å²) in [5, 5.41) is 8.85. The molecule has 0 aromatic heterocycles. The lowest BCUT2D eigenvalue weighted by Crippen LogP contribution is -2.37. The smallest absolute Gasteiger partial charge is 0.407 e. The minimum absolute atomic E-state index is 0.555. The van der Waals surface area contributed by atoms with E-state index in [-0.39, 0.29) is 0 Å². The highest BCUT2D eigenvalue weighted by atomic mass is 16.5. The van der Waals surface area contributed by atoms with Gasteiger partial charge in [-0.15, -0.1) is 0 Å². The molecule has 2 fully saturated rings. The van der Waals surface area contributed by atoms with Gasteiger partial charge in [-0.1, -0.05) is 0 Å². The summed E-state index contributed by atoms with van der Waals surface area (Å²) in [6.45, 7) is 6.24.